The van der Waals surface area contributed by atoms with Crippen molar-refractivity contribution in [3.8, 4) is 0 Å². The van der Waals surface area contributed by atoms with Crippen LogP contribution in [0.25, 0.3) is 10.9 Å². The number of carbonyl (C=O) groups excluding carboxylic acids is 3. The number of carbonyl (C=O) groups is 3. The summed E-state index contributed by atoms with van der Waals surface area (Å²) in [5, 5.41) is 3.81. The number of nitrogens with one attached hydrogen (secondary N) is 1. The van der Waals surface area contributed by atoms with Gasteiger partial charge in [-0.1, -0.05) is 48.5 Å². The Bertz CT molecular complexity index is 1260. The molecule has 0 bridgehead atoms. The fourth-order valence-corrected chi connectivity index (χ4v) is 4.71. The van der Waals surface area contributed by atoms with Crippen LogP contribution in [-0.2, 0) is 27.2 Å². The molecule has 0 saturated carbocycles. The highest BCUT2D eigenvalue weighted by Crippen LogP contribution is 2.15. The monoisotopic (exact) mass is 516 g/mol. The maximum absolute atomic E-state index is 13.4. The number of pyridine rings is 1. The highest BCUT2D eigenvalue weighted by atomic mass is 16.2. The summed E-state index contributed by atoms with van der Waals surface area (Å²) >= 11 is 0. The van der Waals surface area contributed by atoms with Crippen LogP contribution in [0.15, 0.2) is 66.9 Å². The van der Waals surface area contributed by atoms with Crippen molar-refractivity contribution in [2.75, 3.05) is 13.1 Å². The molecule has 4 atom stereocenters. The van der Waals surface area contributed by atoms with E-state index in [0.717, 1.165) is 22.0 Å². The molecule has 1 aromatic heterocycles. The van der Waals surface area contributed by atoms with Gasteiger partial charge in [-0.25, -0.2) is 0 Å². The standard InChI is InChI=1S/C29H36N6O3/c30-22(11-13-28(37)35-17-23(31)24(32)18-35)29(38)34-26(12-10-19-6-2-1-3-7-19)27(36)15-20-14-21-8-4-5-9-25(21)33-16-20/h1-9,14,16,22-24,26H,10-13,15,17-18,30-32H2,(H,34,38)/t22-,23-,24-,26+/m0/s1. The molecule has 200 valence electrons. The summed E-state index contributed by atoms with van der Waals surface area (Å²) in [5.74, 6) is -0.692. The van der Waals surface area contributed by atoms with Crippen molar-refractivity contribution in [3.05, 3.63) is 78.0 Å². The third-order valence-corrected chi connectivity index (χ3v) is 7.07. The number of ketones is 1. The second-order valence-corrected chi connectivity index (χ2v) is 10.0. The number of amides is 2. The largest absolute Gasteiger partial charge is 0.345 e. The number of hydrogen-bond donors (Lipinski definition) is 4. The van der Waals surface area contributed by atoms with E-state index in [1.807, 2.05) is 60.7 Å². The number of likely N-dealkylation sites (tertiary alicyclic amines) is 1. The van der Waals surface area contributed by atoms with Gasteiger partial charge in [-0.05, 0) is 42.5 Å². The normalized spacial score (nSPS) is 18.8. The first-order valence-electron chi connectivity index (χ1n) is 13.1. The first kappa shape index (κ1) is 27.4. The second-order valence-electron chi connectivity index (χ2n) is 10.0. The van der Waals surface area contributed by atoms with E-state index in [-0.39, 0.29) is 43.0 Å². The zero-order valence-electron chi connectivity index (χ0n) is 21.5. The van der Waals surface area contributed by atoms with Crippen LogP contribution in [0.3, 0.4) is 0 Å². The average Bonchev–Trinajstić information content (AvgIpc) is 3.27. The van der Waals surface area contributed by atoms with E-state index in [4.69, 9.17) is 17.2 Å². The number of fused-ring (bicyclic) bond motifs is 1. The Balaban J connectivity index is 1.38. The molecular weight excluding hydrogens is 480 g/mol. The smallest absolute Gasteiger partial charge is 0.237 e. The van der Waals surface area contributed by atoms with Gasteiger partial charge in [-0.15, -0.1) is 0 Å². The van der Waals surface area contributed by atoms with Crippen molar-refractivity contribution in [1.29, 1.82) is 0 Å². The molecule has 1 aliphatic rings. The molecule has 0 aliphatic carbocycles. The molecule has 2 aromatic carbocycles. The zero-order valence-corrected chi connectivity index (χ0v) is 21.5. The van der Waals surface area contributed by atoms with Gasteiger partial charge >= 0.3 is 0 Å². The zero-order chi connectivity index (χ0) is 27.1. The lowest BCUT2D eigenvalue weighted by atomic mass is 9.97. The maximum atomic E-state index is 13.4. The number of hydrogen-bond acceptors (Lipinski definition) is 7. The minimum atomic E-state index is -0.918. The van der Waals surface area contributed by atoms with E-state index in [2.05, 4.69) is 10.3 Å². The van der Waals surface area contributed by atoms with Gasteiger partial charge in [-0.2, -0.15) is 0 Å². The van der Waals surface area contributed by atoms with Crippen LogP contribution in [0.2, 0.25) is 0 Å². The summed E-state index contributed by atoms with van der Waals surface area (Å²) in [6.07, 6.45) is 3.17. The number of benzene rings is 2. The molecule has 0 spiro atoms. The van der Waals surface area contributed by atoms with E-state index in [9.17, 15) is 14.4 Å². The summed E-state index contributed by atoms with van der Waals surface area (Å²) in [6.45, 7) is 0.808. The van der Waals surface area contributed by atoms with Gasteiger partial charge in [0.2, 0.25) is 11.8 Å². The van der Waals surface area contributed by atoms with Crippen LogP contribution in [0.4, 0.5) is 0 Å². The highest BCUT2D eigenvalue weighted by molar-refractivity contribution is 5.92. The molecule has 9 heteroatoms. The van der Waals surface area contributed by atoms with Crippen molar-refractivity contribution in [1.82, 2.24) is 15.2 Å². The lowest BCUT2D eigenvalue weighted by Crippen LogP contribution is -2.49. The lowest BCUT2D eigenvalue weighted by Gasteiger charge is -2.21. The van der Waals surface area contributed by atoms with Crippen LogP contribution in [0, 0.1) is 0 Å². The molecule has 0 radical (unpaired) electrons. The Morgan fingerprint density at radius 3 is 2.37 bits per heavy atom. The molecule has 3 aromatic rings. The SMILES string of the molecule is N[C@@H](CCC(=O)N1C[C@H](N)[C@@H](N)C1)C(=O)N[C@H](CCc1ccccc1)C(=O)Cc1cnc2ccccc2c1. The summed E-state index contributed by atoms with van der Waals surface area (Å²) in [6, 6.07) is 17.3. The van der Waals surface area contributed by atoms with Crippen LogP contribution >= 0.6 is 0 Å². The number of Topliss-reactive ketones (excluding diaryl/α,β-unsaturated/α-hetero) is 1. The Morgan fingerprint density at radius 2 is 1.63 bits per heavy atom. The lowest BCUT2D eigenvalue weighted by molar-refractivity contribution is -0.131. The first-order chi connectivity index (χ1) is 18.3. The fourth-order valence-electron chi connectivity index (χ4n) is 4.71. The van der Waals surface area contributed by atoms with E-state index in [1.54, 1.807) is 11.1 Å². The summed E-state index contributed by atoms with van der Waals surface area (Å²) in [5.41, 5.74) is 20.7. The van der Waals surface area contributed by atoms with E-state index in [1.165, 1.54) is 0 Å². The number of aromatic nitrogens is 1. The van der Waals surface area contributed by atoms with Gasteiger partial charge in [0, 0.05) is 49.6 Å². The van der Waals surface area contributed by atoms with Crippen LogP contribution < -0.4 is 22.5 Å². The van der Waals surface area contributed by atoms with E-state index >= 15 is 0 Å². The molecule has 1 saturated heterocycles. The Hall–Kier alpha value is -3.66. The van der Waals surface area contributed by atoms with Crippen molar-refractivity contribution in [3.63, 3.8) is 0 Å². The fraction of sp³-hybridized carbons (Fsp3) is 0.379. The Morgan fingerprint density at radius 1 is 0.947 bits per heavy atom. The van der Waals surface area contributed by atoms with Gasteiger partial charge in [-0.3, -0.25) is 19.4 Å². The van der Waals surface area contributed by atoms with Crippen LogP contribution in [-0.4, -0.2) is 64.7 Å². The number of para-hydroxylation sites is 1. The molecule has 2 heterocycles. The molecule has 2 amide bonds. The predicted octanol–water partition coefficient (Wildman–Crippen LogP) is 1.07. The maximum Gasteiger partial charge on any atom is 0.237 e. The quantitative estimate of drug-likeness (QED) is 0.297. The number of nitrogens with zero attached hydrogens (tertiary/aromatic N) is 2. The molecule has 1 fully saturated rings. The van der Waals surface area contributed by atoms with Crippen molar-refractivity contribution in [2.45, 2.75) is 56.3 Å². The summed E-state index contributed by atoms with van der Waals surface area (Å²) < 4.78 is 0. The first-order valence-corrected chi connectivity index (χ1v) is 13.1. The minimum absolute atomic E-state index is 0.111. The van der Waals surface area contributed by atoms with Crippen LogP contribution in [0.5, 0.6) is 0 Å². The Kier molecular flexibility index (Phi) is 9.17. The summed E-state index contributed by atoms with van der Waals surface area (Å²) in [4.78, 5) is 44.9. The van der Waals surface area contributed by atoms with Crippen molar-refractivity contribution >= 4 is 28.5 Å². The van der Waals surface area contributed by atoms with E-state index in [0.29, 0.717) is 25.9 Å². The molecule has 7 N–H and O–H groups in total. The predicted molar refractivity (Wildman–Crippen MR) is 147 cm³/mol. The third-order valence-electron chi connectivity index (χ3n) is 7.07. The average molecular weight is 517 g/mol. The topological polar surface area (TPSA) is 157 Å². The molecule has 38 heavy (non-hydrogen) atoms. The van der Waals surface area contributed by atoms with E-state index < -0.39 is 18.0 Å². The molecule has 9 nitrogen and oxygen atoms in total. The van der Waals surface area contributed by atoms with Crippen molar-refractivity contribution in [2.24, 2.45) is 17.2 Å². The number of rotatable bonds is 11. The molecule has 0 unspecified atom stereocenters. The molecule has 4 rings (SSSR count). The van der Waals surface area contributed by atoms with Crippen molar-refractivity contribution < 1.29 is 14.4 Å². The number of aryl methyl sites for hydroxylation is 1. The van der Waals surface area contributed by atoms with Gasteiger partial charge in [0.15, 0.2) is 5.78 Å². The van der Waals surface area contributed by atoms with Gasteiger partial charge in [0.1, 0.15) is 0 Å². The van der Waals surface area contributed by atoms with Gasteiger partial charge in [0.05, 0.1) is 17.6 Å². The summed E-state index contributed by atoms with van der Waals surface area (Å²) in [7, 11) is 0. The minimum Gasteiger partial charge on any atom is -0.345 e. The van der Waals surface area contributed by atoms with Gasteiger partial charge in [0.25, 0.3) is 0 Å². The highest BCUT2D eigenvalue weighted by Gasteiger charge is 2.31. The Labute approximate surface area is 222 Å². The number of nitrogens with two attached hydrogens (primary N) is 3. The van der Waals surface area contributed by atoms with Gasteiger partial charge < -0.3 is 27.4 Å². The van der Waals surface area contributed by atoms with Crippen LogP contribution in [0.1, 0.15) is 30.4 Å². The third kappa shape index (κ3) is 7.22. The molecular formula is C29H36N6O3. The molecule has 1 aliphatic heterocycles. The second kappa shape index (κ2) is 12.7.